The topological polar surface area (TPSA) is 30.2 Å². The highest BCUT2D eigenvalue weighted by molar-refractivity contribution is 14.1. The summed E-state index contributed by atoms with van der Waals surface area (Å²) in [6, 6.07) is 4.14. The van der Waals surface area contributed by atoms with Crippen LogP contribution < -0.4 is 5.63 Å². The highest BCUT2D eigenvalue weighted by Gasteiger charge is 2.04. The van der Waals surface area contributed by atoms with E-state index in [2.05, 4.69) is 14.3 Å². The van der Waals surface area contributed by atoms with Crippen molar-refractivity contribution < 1.29 is 8.81 Å². The van der Waals surface area contributed by atoms with E-state index < -0.39 is 11.4 Å². The molecule has 3 rings (SSSR count). The molecule has 14 heavy (non-hydrogen) atoms. The largest absolute Gasteiger partial charge is 0.420 e. The van der Waals surface area contributed by atoms with Gasteiger partial charge in [-0.15, -0.1) is 0 Å². The molecule has 2 bridgehead atoms. The fraction of sp³-hybridized carbons (Fsp3) is 0.100. The van der Waals surface area contributed by atoms with Crippen molar-refractivity contribution in [1.29, 1.82) is 0 Å². The standard InChI is InChI=1S/C7H3FO2.C3H3I/c8-5-3-4-1-2-6(5)10-7(4)9;1-2-3-4/h1-3H;1H3. The van der Waals surface area contributed by atoms with Crippen LogP contribution >= 0.6 is 22.6 Å². The third-order valence-electron chi connectivity index (χ3n) is 1.46. The first-order valence-corrected chi connectivity index (χ1v) is 4.81. The summed E-state index contributed by atoms with van der Waals surface area (Å²) in [6.45, 7) is 1.81. The van der Waals surface area contributed by atoms with Gasteiger partial charge in [0.25, 0.3) is 0 Å². The van der Waals surface area contributed by atoms with Crippen molar-refractivity contribution >= 4 is 33.6 Å². The zero-order chi connectivity index (χ0) is 10.6. The van der Waals surface area contributed by atoms with E-state index in [0.717, 1.165) is 0 Å². The van der Waals surface area contributed by atoms with Crippen LogP contribution in [0.15, 0.2) is 27.4 Å². The molecule has 4 heteroatoms. The monoisotopic (exact) mass is 304 g/mol. The van der Waals surface area contributed by atoms with E-state index in [1.807, 2.05) is 29.5 Å². The van der Waals surface area contributed by atoms with E-state index in [1.54, 1.807) is 0 Å². The molecule has 0 saturated heterocycles. The summed E-state index contributed by atoms with van der Waals surface area (Å²) in [4.78, 5) is 10.7. The van der Waals surface area contributed by atoms with Crippen molar-refractivity contribution in [2.24, 2.45) is 0 Å². The molecule has 0 N–H and O–H groups in total. The van der Waals surface area contributed by atoms with Crippen molar-refractivity contribution in [2.75, 3.05) is 0 Å². The molecule has 2 heterocycles. The summed E-state index contributed by atoms with van der Waals surface area (Å²) in [5, 5.41) is 0.271. The van der Waals surface area contributed by atoms with Crippen LogP contribution in [0.25, 0.3) is 11.0 Å². The molecule has 0 fully saturated rings. The highest BCUT2D eigenvalue weighted by atomic mass is 127. The summed E-state index contributed by atoms with van der Waals surface area (Å²) < 4.78 is 19.7. The molecule has 72 valence electrons. The normalized spacial score (nSPS) is 8.79. The molecule has 0 aliphatic rings. The summed E-state index contributed by atoms with van der Waals surface area (Å²) in [7, 11) is 0. The van der Waals surface area contributed by atoms with Gasteiger partial charge in [-0.05, 0) is 29.1 Å². The van der Waals surface area contributed by atoms with Crippen LogP contribution in [0.2, 0.25) is 0 Å². The second-order valence-corrected chi connectivity index (χ2v) is 2.92. The zero-order valence-electron chi connectivity index (χ0n) is 7.30. The number of rotatable bonds is 0. The van der Waals surface area contributed by atoms with E-state index in [0.29, 0.717) is 0 Å². The van der Waals surface area contributed by atoms with Crippen LogP contribution in [0.3, 0.4) is 0 Å². The molecule has 0 saturated carbocycles. The van der Waals surface area contributed by atoms with Gasteiger partial charge in [0.05, 0.1) is 5.39 Å². The smallest absolute Gasteiger partial charge is 0.343 e. The first-order valence-electron chi connectivity index (χ1n) is 3.73. The Hall–Kier alpha value is -1.09. The number of hydrogen-bond donors (Lipinski definition) is 0. The molecule has 1 aromatic carbocycles. The second kappa shape index (κ2) is 4.96. The predicted octanol–water partition coefficient (Wildman–Crippen LogP) is 2.77. The molecule has 0 unspecified atom stereocenters. The highest BCUT2D eigenvalue weighted by Crippen LogP contribution is 2.11. The maximum absolute atomic E-state index is 12.5. The lowest BCUT2D eigenvalue weighted by Crippen LogP contribution is -2.00. The van der Waals surface area contributed by atoms with Crippen molar-refractivity contribution in [3.63, 3.8) is 0 Å². The van der Waals surface area contributed by atoms with Gasteiger partial charge in [0, 0.05) is 22.6 Å². The Morgan fingerprint density at radius 3 is 2.36 bits per heavy atom. The van der Waals surface area contributed by atoms with Crippen LogP contribution in [0.4, 0.5) is 4.39 Å². The zero-order valence-corrected chi connectivity index (χ0v) is 9.46. The fourth-order valence-electron chi connectivity index (χ4n) is 0.869. The van der Waals surface area contributed by atoms with Gasteiger partial charge in [0.2, 0.25) is 0 Å². The minimum atomic E-state index is -0.475. The lowest BCUT2D eigenvalue weighted by molar-refractivity contribution is 0.518. The van der Waals surface area contributed by atoms with Gasteiger partial charge in [-0.2, -0.15) is 0 Å². The molecule has 0 spiro atoms. The summed E-state index contributed by atoms with van der Waals surface area (Å²) in [6.07, 6.45) is 0. The Balaban J connectivity index is 0.000000213. The van der Waals surface area contributed by atoms with Gasteiger partial charge in [0.1, 0.15) is 0 Å². The summed E-state index contributed by atoms with van der Waals surface area (Å²) in [5.41, 5.74) is -0.459. The Morgan fingerprint density at radius 2 is 2.14 bits per heavy atom. The minimum absolute atomic E-state index is 0.0139. The fourth-order valence-corrected chi connectivity index (χ4v) is 0.869. The van der Waals surface area contributed by atoms with Crippen molar-refractivity contribution in [1.82, 2.24) is 0 Å². The minimum Gasteiger partial charge on any atom is -0.420 e. The molecule has 0 aliphatic heterocycles. The maximum Gasteiger partial charge on any atom is 0.343 e. The molecular formula is C10H6FIO2. The van der Waals surface area contributed by atoms with E-state index >= 15 is 0 Å². The third kappa shape index (κ3) is 2.45. The van der Waals surface area contributed by atoms with E-state index in [4.69, 9.17) is 0 Å². The van der Waals surface area contributed by atoms with Gasteiger partial charge in [0.15, 0.2) is 11.4 Å². The lowest BCUT2D eigenvalue weighted by atomic mass is 10.2. The Labute approximate surface area is 93.6 Å². The SMILES string of the molecule is CC#CI.O=c1oc2ccc1cc2F. The van der Waals surface area contributed by atoms with Crippen LogP contribution in [0.1, 0.15) is 6.92 Å². The predicted molar refractivity (Wildman–Crippen MR) is 61.1 cm³/mol. The summed E-state index contributed by atoms with van der Waals surface area (Å²) in [5.74, 6) is 2.19. The number of halogens is 2. The molecule has 0 radical (unpaired) electrons. The van der Waals surface area contributed by atoms with Crippen molar-refractivity contribution in [3.8, 4) is 9.85 Å². The third-order valence-corrected chi connectivity index (χ3v) is 2.00. The van der Waals surface area contributed by atoms with E-state index in [9.17, 15) is 9.18 Å². The lowest BCUT2D eigenvalue weighted by Gasteiger charge is -1.95. The Morgan fingerprint density at radius 1 is 1.50 bits per heavy atom. The van der Waals surface area contributed by atoms with Crippen LogP contribution in [0, 0.1) is 15.7 Å². The average molecular weight is 304 g/mol. The van der Waals surface area contributed by atoms with Gasteiger partial charge < -0.3 is 4.42 Å². The molecule has 2 aromatic heterocycles. The van der Waals surface area contributed by atoms with Gasteiger partial charge in [-0.1, -0.05) is 5.92 Å². The maximum atomic E-state index is 12.5. The van der Waals surface area contributed by atoms with Crippen molar-refractivity contribution in [2.45, 2.75) is 6.92 Å². The second-order valence-electron chi connectivity index (χ2n) is 2.38. The number of benzene rings is 1. The van der Waals surface area contributed by atoms with Gasteiger partial charge >= 0.3 is 5.63 Å². The molecular weight excluding hydrogens is 298 g/mol. The Bertz CT molecular complexity index is 515. The first-order chi connectivity index (χ1) is 6.69. The van der Waals surface area contributed by atoms with Crippen LogP contribution in [-0.4, -0.2) is 0 Å². The molecule has 3 aromatic rings. The average Bonchev–Trinajstić information content (AvgIpc) is 2.20. The summed E-state index contributed by atoms with van der Waals surface area (Å²) >= 11 is 1.99. The van der Waals surface area contributed by atoms with Crippen LogP contribution in [0.5, 0.6) is 0 Å². The first kappa shape index (κ1) is 11.0. The molecule has 0 atom stereocenters. The van der Waals surface area contributed by atoms with Gasteiger partial charge in [-0.25, -0.2) is 9.18 Å². The molecule has 2 nitrogen and oxygen atoms in total. The number of fused-ring (bicyclic) bond motifs is 3. The van der Waals surface area contributed by atoms with E-state index in [1.165, 1.54) is 18.2 Å². The van der Waals surface area contributed by atoms with Gasteiger partial charge in [-0.3, -0.25) is 0 Å². The van der Waals surface area contributed by atoms with Crippen LogP contribution in [-0.2, 0) is 0 Å². The van der Waals surface area contributed by atoms with Crippen molar-refractivity contribution in [3.05, 3.63) is 34.4 Å². The number of hydrogen-bond acceptors (Lipinski definition) is 2. The quantitative estimate of drug-likeness (QED) is 0.553. The Kier molecular flexibility index (Phi) is 3.89. The molecule has 0 aliphatic carbocycles. The van der Waals surface area contributed by atoms with E-state index in [-0.39, 0.29) is 11.0 Å². The molecule has 0 amide bonds.